The highest BCUT2D eigenvalue weighted by atomic mass is 16.5. The van der Waals surface area contributed by atoms with E-state index in [0.29, 0.717) is 17.8 Å². The van der Waals surface area contributed by atoms with Crippen LogP contribution in [-0.2, 0) is 9.53 Å². The van der Waals surface area contributed by atoms with Crippen LogP contribution in [0.4, 0.5) is 5.69 Å². The molecule has 2 rings (SSSR count). The van der Waals surface area contributed by atoms with Gasteiger partial charge >= 0.3 is 0 Å². The van der Waals surface area contributed by atoms with E-state index in [2.05, 4.69) is 10.6 Å². The number of ether oxygens (including phenoxy) is 1. The highest BCUT2D eigenvalue weighted by Gasteiger charge is 2.16. The first-order chi connectivity index (χ1) is 9.15. The smallest absolute Gasteiger partial charge is 0.251 e. The standard InChI is InChI=1S/C14H18N2O3/c1-10(17)16-12-5-2-4-11(8-12)14(18)15-9-13-6-3-7-19-13/h2,4-5,8,13H,3,6-7,9H2,1H3,(H,15,18)(H,16,17). The molecule has 1 heterocycles. The molecule has 1 aromatic carbocycles. The van der Waals surface area contributed by atoms with Gasteiger partial charge in [-0.3, -0.25) is 9.59 Å². The summed E-state index contributed by atoms with van der Waals surface area (Å²) in [5.74, 6) is -0.306. The maximum absolute atomic E-state index is 12.0. The number of hydrogen-bond acceptors (Lipinski definition) is 3. The van der Waals surface area contributed by atoms with Crippen LogP contribution in [-0.4, -0.2) is 31.1 Å². The van der Waals surface area contributed by atoms with Crippen molar-refractivity contribution in [2.24, 2.45) is 0 Å². The molecular formula is C14H18N2O3. The number of anilines is 1. The molecule has 1 aliphatic rings. The van der Waals surface area contributed by atoms with Crippen molar-refractivity contribution in [1.29, 1.82) is 0 Å². The molecule has 0 saturated carbocycles. The molecule has 1 saturated heterocycles. The zero-order valence-electron chi connectivity index (χ0n) is 10.9. The molecule has 19 heavy (non-hydrogen) atoms. The van der Waals surface area contributed by atoms with Gasteiger partial charge in [0.2, 0.25) is 5.91 Å². The molecule has 0 aliphatic carbocycles. The van der Waals surface area contributed by atoms with Crippen LogP contribution < -0.4 is 10.6 Å². The van der Waals surface area contributed by atoms with E-state index < -0.39 is 0 Å². The van der Waals surface area contributed by atoms with Gasteiger partial charge in [0, 0.05) is 31.3 Å². The molecule has 5 heteroatoms. The van der Waals surface area contributed by atoms with Crippen molar-refractivity contribution in [1.82, 2.24) is 5.32 Å². The summed E-state index contributed by atoms with van der Waals surface area (Å²) >= 11 is 0. The number of carbonyl (C=O) groups is 2. The van der Waals surface area contributed by atoms with Crippen LogP contribution in [0.15, 0.2) is 24.3 Å². The van der Waals surface area contributed by atoms with Gasteiger partial charge in [0.1, 0.15) is 0 Å². The molecule has 0 radical (unpaired) electrons. The van der Waals surface area contributed by atoms with Crippen LogP contribution in [0.25, 0.3) is 0 Å². The number of benzene rings is 1. The Morgan fingerprint density at radius 1 is 1.42 bits per heavy atom. The number of hydrogen-bond donors (Lipinski definition) is 2. The van der Waals surface area contributed by atoms with Gasteiger partial charge in [-0.2, -0.15) is 0 Å². The molecule has 1 atom stereocenters. The number of amides is 2. The molecule has 1 aromatic rings. The average Bonchev–Trinajstić information content (AvgIpc) is 2.88. The molecule has 1 aliphatic heterocycles. The van der Waals surface area contributed by atoms with Gasteiger partial charge in [0.05, 0.1) is 6.10 Å². The molecule has 2 amide bonds. The summed E-state index contributed by atoms with van der Waals surface area (Å²) in [6, 6.07) is 6.87. The summed E-state index contributed by atoms with van der Waals surface area (Å²) in [6.07, 6.45) is 2.17. The van der Waals surface area contributed by atoms with Gasteiger partial charge in [0.15, 0.2) is 0 Å². The number of carbonyl (C=O) groups excluding carboxylic acids is 2. The molecule has 1 fully saturated rings. The molecule has 5 nitrogen and oxygen atoms in total. The molecule has 102 valence electrons. The highest BCUT2D eigenvalue weighted by Crippen LogP contribution is 2.12. The first kappa shape index (κ1) is 13.5. The van der Waals surface area contributed by atoms with Gasteiger partial charge in [-0.05, 0) is 31.0 Å². The normalized spacial score (nSPS) is 18.1. The fraction of sp³-hybridized carbons (Fsp3) is 0.429. The van der Waals surface area contributed by atoms with Crippen LogP contribution in [0.1, 0.15) is 30.1 Å². The first-order valence-corrected chi connectivity index (χ1v) is 6.42. The summed E-state index contributed by atoms with van der Waals surface area (Å²) in [5, 5.41) is 5.50. The number of nitrogens with one attached hydrogen (secondary N) is 2. The quantitative estimate of drug-likeness (QED) is 0.865. The third-order valence-electron chi connectivity index (χ3n) is 2.96. The van der Waals surface area contributed by atoms with Crippen molar-refractivity contribution in [3.63, 3.8) is 0 Å². The Morgan fingerprint density at radius 2 is 2.26 bits per heavy atom. The van der Waals surface area contributed by atoms with Crippen molar-refractivity contribution < 1.29 is 14.3 Å². The topological polar surface area (TPSA) is 67.4 Å². The zero-order valence-corrected chi connectivity index (χ0v) is 10.9. The van der Waals surface area contributed by atoms with E-state index in [0.717, 1.165) is 19.4 Å². The summed E-state index contributed by atoms with van der Waals surface area (Å²) in [4.78, 5) is 22.9. The van der Waals surface area contributed by atoms with Crippen molar-refractivity contribution >= 4 is 17.5 Å². The van der Waals surface area contributed by atoms with Crippen molar-refractivity contribution in [3.8, 4) is 0 Å². The Labute approximate surface area is 112 Å². The summed E-state index contributed by atoms with van der Waals surface area (Å²) < 4.78 is 5.44. The highest BCUT2D eigenvalue weighted by molar-refractivity contribution is 5.96. The molecule has 1 unspecified atom stereocenters. The van der Waals surface area contributed by atoms with Gasteiger partial charge in [-0.25, -0.2) is 0 Å². The Hall–Kier alpha value is -1.88. The van der Waals surface area contributed by atoms with E-state index in [1.807, 2.05) is 0 Å². The number of rotatable bonds is 4. The monoisotopic (exact) mass is 262 g/mol. The van der Waals surface area contributed by atoms with E-state index >= 15 is 0 Å². The second-order valence-corrected chi connectivity index (χ2v) is 4.61. The lowest BCUT2D eigenvalue weighted by atomic mass is 10.1. The van der Waals surface area contributed by atoms with E-state index in [9.17, 15) is 9.59 Å². The summed E-state index contributed by atoms with van der Waals surface area (Å²) in [5.41, 5.74) is 1.15. The summed E-state index contributed by atoms with van der Waals surface area (Å²) in [6.45, 7) is 2.74. The third-order valence-corrected chi connectivity index (χ3v) is 2.96. The van der Waals surface area contributed by atoms with E-state index in [4.69, 9.17) is 4.74 Å². The zero-order chi connectivity index (χ0) is 13.7. The maximum atomic E-state index is 12.0. The molecule has 0 aromatic heterocycles. The molecule has 2 N–H and O–H groups in total. The second kappa shape index (κ2) is 6.33. The van der Waals surface area contributed by atoms with Crippen molar-refractivity contribution in [2.75, 3.05) is 18.5 Å². The van der Waals surface area contributed by atoms with E-state index in [1.54, 1.807) is 24.3 Å². The minimum absolute atomic E-state index is 0.127. The van der Waals surface area contributed by atoms with E-state index in [-0.39, 0.29) is 17.9 Å². The first-order valence-electron chi connectivity index (χ1n) is 6.42. The van der Waals surface area contributed by atoms with Crippen LogP contribution in [0, 0.1) is 0 Å². The third kappa shape index (κ3) is 4.06. The lowest BCUT2D eigenvalue weighted by Gasteiger charge is -2.11. The minimum Gasteiger partial charge on any atom is -0.376 e. The largest absolute Gasteiger partial charge is 0.376 e. The van der Waals surface area contributed by atoms with Gasteiger partial charge in [-0.1, -0.05) is 6.07 Å². The van der Waals surface area contributed by atoms with Crippen LogP contribution >= 0.6 is 0 Å². The molecule has 0 spiro atoms. The fourth-order valence-corrected chi connectivity index (χ4v) is 2.06. The SMILES string of the molecule is CC(=O)Nc1cccc(C(=O)NCC2CCCO2)c1. The second-order valence-electron chi connectivity index (χ2n) is 4.61. The summed E-state index contributed by atoms with van der Waals surface area (Å²) in [7, 11) is 0. The predicted molar refractivity (Wildman–Crippen MR) is 72.1 cm³/mol. The van der Waals surface area contributed by atoms with Crippen LogP contribution in [0.2, 0.25) is 0 Å². The Bertz CT molecular complexity index is 468. The average molecular weight is 262 g/mol. The van der Waals surface area contributed by atoms with Crippen LogP contribution in [0.5, 0.6) is 0 Å². The Kier molecular flexibility index (Phi) is 4.52. The minimum atomic E-state index is -0.156. The maximum Gasteiger partial charge on any atom is 0.251 e. The fourth-order valence-electron chi connectivity index (χ4n) is 2.06. The van der Waals surface area contributed by atoms with Gasteiger partial charge < -0.3 is 15.4 Å². The van der Waals surface area contributed by atoms with Gasteiger partial charge in [0.25, 0.3) is 5.91 Å². The van der Waals surface area contributed by atoms with Gasteiger partial charge in [-0.15, -0.1) is 0 Å². The lowest BCUT2D eigenvalue weighted by molar-refractivity contribution is -0.114. The predicted octanol–water partition coefficient (Wildman–Crippen LogP) is 1.55. The van der Waals surface area contributed by atoms with Crippen molar-refractivity contribution in [2.45, 2.75) is 25.9 Å². The van der Waals surface area contributed by atoms with Crippen LogP contribution in [0.3, 0.4) is 0 Å². The lowest BCUT2D eigenvalue weighted by Crippen LogP contribution is -2.31. The Balaban J connectivity index is 1.92. The molecule has 0 bridgehead atoms. The molecular weight excluding hydrogens is 244 g/mol. The Morgan fingerprint density at radius 3 is 2.95 bits per heavy atom. The van der Waals surface area contributed by atoms with E-state index in [1.165, 1.54) is 6.92 Å². The van der Waals surface area contributed by atoms with Crippen molar-refractivity contribution in [3.05, 3.63) is 29.8 Å².